The molecular formula is C9H20N2. The van der Waals surface area contributed by atoms with Crippen molar-refractivity contribution < 1.29 is 0 Å². The van der Waals surface area contributed by atoms with Gasteiger partial charge in [-0.3, -0.25) is 0 Å². The lowest BCUT2D eigenvalue weighted by atomic mass is 9.87. The molecule has 0 aromatic carbocycles. The zero-order valence-electron chi connectivity index (χ0n) is 8.07. The van der Waals surface area contributed by atoms with Gasteiger partial charge in [0.25, 0.3) is 0 Å². The summed E-state index contributed by atoms with van der Waals surface area (Å²) in [5, 5.41) is 3.59. The molecule has 1 aliphatic rings. The smallest absolute Gasteiger partial charge is 0.0170 e. The summed E-state index contributed by atoms with van der Waals surface area (Å²) in [6.45, 7) is 9.75. The van der Waals surface area contributed by atoms with Crippen LogP contribution < -0.4 is 11.1 Å². The summed E-state index contributed by atoms with van der Waals surface area (Å²) >= 11 is 0. The van der Waals surface area contributed by atoms with Gasteiger partial charge in [0, 0.05) is 11.1 Å². The SMILES string of the molecule is CC1(C)CC(CN)C(C)(C)N1. The molecular weight excluding hydrogens is 136 g/mol. The van der Waals surface area contributed by atoms with E-state index in [9.17, 15) is 0 Å². The van der Waals surface area contributed by atoms with E-state index in [0.29, 0.717) is 5.92 Å². The zero-order valence-corrected chi connectivity index (χ0v) is 8.07. The van der Waals surface area contributed by atoms with E-state index in [1.54, 1.807) is 0 Å². The Morgan fingerprint density at radius 3 is 2.09 bits per heavy atom. The van der Waals surface area contributed by atoms with Gasteiger partial charge in [0.15, 0.2) is 0 Å². The molecule has 0 radical (unpaired) electrons. The Balaban J connectivity index is 2.71. The maximum Gasteiger partial charge on any atom is 0.0170 e. The molecule has 1 aliphatic heterocycles. The highest BCUT2D eigenvalue weighted by Gasteiger charge is 2.42. The van der Waals surface area contributed by atoms with Gasteiger partial charge >= 0.3 is 0 Å². The molecule has 0 amide bonds. The minimum atomic E-state index is 0.220. The van der Waals surface area contributed by atoms with Crippen molar-refractivity contribution in [3.05, 3.63) is 0 Å². The predicted molar refractivity (Wildman–Crippen MR) is 48.5 cm³/mol. The predicted octanol–water partition coefficient (Wildman–Crippen LogP) is 1.11. The summed E-state index contributed by atoms with van der Waals surface area (Å²) in [5.41, 5.74) is 6.18. The summed E-state index contributed by atoms with van der Waals surface area (Å²) in [5.74, 6) is 0.623. The van der Waals surface area contributed by atoms with Gasteiger partial charge in [-0.05, 0) is 46.6 Å². The van der Waals surface area contributed by atoms with Gasteiger partial charge in [-0.1, -0.05) is 0 Å². The molecule has 1 unspecified atom stereocenters. The van der Waals surface area contributed by atoms with Crippen LogP contribution in [0.4, 0.5) is 0 Å². The van der Waals surface area contributed by atoms with Crippen LogP contribution in [0.3, 0.4) is 0 Å². The highest BCUT2D eigenvalue weighted by molar-refractivity contribution is 5.02. The first-order valence-corrected chi connectivity index (χ1v) is 4.37. The molecule has 1 heterocycles. The highest BCUT2D eigenvalue weighted by atomic mass is 15.1. The van der Waals surface area contributed by atoms with E-state index < -0.39 is 0 Å². The van der Waals surface area contributed by atoms with E-state index in [-0.39, 0.29) is 11.1 Å². The van der Waals surface area contributed by atoms with Crippen molar-refractivity contribution in [3.63, 3.8) is 0 Å². The van der Waals surface area contributed by atoms with Gasteiger partial charge in [0.05, 0.1) is 0 Å². The Morgan fingerprint density at radius 1 is 1.36 bits per heavy atom. The van der Waals surface area contributed by atoms with Crippen LogP contribution in [0, 0.1) is 5.92 Å². The molecule has 0 aromatic rings. The number of hydrogen-bond acceptors (Lipinski definition) is 2. The van der Waals surface area contributed by atoms with Gasteiger partial charge in [-0.2, -0.15) is 0 Å². The summed E-state index contributed by atoms with van der Waals surface area (Å²) < 4.78 is 0. The topological polar surface area (TPSA) is 38.0 Å². The molecule has 0 aromatic heterocycles. The van der Waals surface area contributed by atoms with Crippen molar-refractivity contribution in [1.82, 2.24) is 5.32 Å². The minimum absolute atomic E-state index is 0.220. The van der Waals surface area contributed by atoms with E-state index >= 15 is 0 Å². The third kappa shape index (κ3) is 1.74. The first-order valence-electron chi connectivity index (χ1n) is 4.37. The second kappa shape index (κ2) is 2.46. The van der Waals surface area contributed by atoms with E-state index in [1.165, 1.54) is 6.42 Å². The minimum Gasteiger partial charge on any atom is -0.330 e. The van der Waals surface area contributed by atoms with Crippen molar-refractivity contribution in [1.29, 1.82) is 0 Å². The maximum atomic E-state index is 5.69. The zero-order chi connectivity index (χ0) is 8.70. The molecule has 11 heavy (non-hydrogen) atoms. The molecule has 1 atom stereocenters. The third-order valence-electron chi connectivity index (χ3n) is 2.72. The molecule has 0 bridgehead atoms. The van der Waals surface area contributed by atoms with Crippen molar-refractivity contribution in [2.24, 2.45) is 11.7 Å². The van der Waals surface area contributed by atoms with Crippen LogP contribution in [0.5, 0.6) is 0 Å². The van der Waals surface area contributed by atoms with Crippen molar-refractivity contribution >= 4 is 0 Å². The van der Waals surface area contributed by atoms with Crippen LogP contribution in [0.15, 0.2) is 0 Å². The fourth-order valence-electron chi connectivity index (χ4n) is 2.27. The third-order valence-corrected chi connectivity index (χ3v) is 2.72. The summed E-state index contributed by atoms with van der Waals surface area (Å²) in [4.78, 5) is 0. The molecule has 2 heteroatoms. The Kier molecular flexibility index (Phi) is 2.01. The molecule has 66 valence electrons. The van der Waals surface area contributed by atoms with Gasteiger partial charge in [-0.25, -0.2) is 0 Å². The summed E-state index contributed by atoms with van der Waals surface area (Å²) in [6, 6.07) is 0. The number of hydrogen-bond donors (Lipinski definition) is 2. The normalized spacial score (nSPS) is 34.1. The van der Waals surface area contributed by atoms with Crippen LogP contribution in [0.1, 0.15) is 34.1 Å². The van der Waals surface area contributed by atoms with Gasteiger partial charge in [0.2, 0.25) is 0 Å². The summed E-state index contributed by atoms with van der Waals surface area (Å²) in [7, 11) is 0. The molecule has 0 aliphatic carbocycles. The van der Waals surface area contributed by atoms with Gasteiger partial charge in [-0.15, -0.1) is 0 Å². The van der Waals surface area contributed by atoms with Gasteiger partial charge < -0.3 is 11.1 Å². The number of nitrogens with two attached hydrogens (primary N) is 1. The molecule has 2 nitrogen and oxygen atoms in total. The average molecular weight is 156 g/mol. The van der Waals surface area contributed by atoms with E-state index in [2.05, 4.69) is 33.0 Å². The standard InChI is InChI=1S/C9H20N2/c1-8(2)5-7(6-10)9(3,4)11-8/h7,11H,5-6,10H2,1-4H3. The van der Waals surface area contributed by atoms with Crippen LogP contribution in [0.25, 0.3) is 0 Å². The van der Waals surface area contributed by atoms with Crippen molar-refractivity contribution in [2.75, 3.05) is 6.54 Å². The Hall–Kier alpha value is -0.0800. The largest absolute Gasteiger partial charge is 0.330 e. The monoisotopic (exact) mass is 156 g/mol. The van der Waals surface area contributed by atoms with Crippen molar-refractivity contribution in [3.8, 4) is 0 Å². The highest BCUT2D eigenvalue weighted by Crippen LogP contribution is 2.34. The van der Waals surface area contributed by atoms with Crippen LogP contribution >= 0.6 is 0 Å². The molecule has 1 rings (SSSR count). The lowest BCUT2D eigenvalue weighted by molar-refractivity contribution is 0.326. The average Bonchev–Trinajstić information content (AvgIpc) is 1.99. The van der Waals surface area contributed by atoms with Crippen molar-refractivity contribution in [2.45, 2.75) is 45.2 Å². The number of nitrogens with one attached hydrogen (secondary N) is 1. The molecule has 0 saturated carbocycles. The van der Waals surface area contributed by atoms with Crippen LogP contribution in [0.2, 0.25) is 0 Å². The van der Waals surface area contributed by atoms with E-state index in [4.69, 9.17) is 5.73 Å². The number of rotatable bonds is 1. The molecule has 3 N–H and O–H groups in total. The Bertz CT molecular complexity index is 150. The quantitative estimate of drug-likeness (QED) is 0.597. The summed E-state index contributed by atoms with van der Waals surface area (Å²) in [6.07, 6.45) is 1.19. The Labute approximate surface area is 69.5 Å². The first kappa shape index (κ1) is 9.01. The lowest BCUT2D eigenvalue weighted by Gasteiger charge is -2.27. The second-order valence-electron chi connectivity index (χ2n) is 4.87. The maximum absolute atomic E-state index is 5.69. The van der Waals surface area contributed by atoms with E-state index in [1.807, 2.05) is 0 Å². The van der Waals surface area contributed by atoms with E-state index in [0.717, 1.165) is 6.54 Å². The molecule has 1 fully saturated rings. The van der Waals surface area contributed by atoms with Gasteiger partial charge in [0.1, 0.15) is 0 Å². The fourth-order valence-corrected chi connectivity index (χ4v) is 2.27. The van der Waals surface area contributed by atoms with Crippen LogP contribution in [-0.4, -0.2) is 17.6 Å². The lowest BCUT2D eigenvalue weighted by Crippen LogP contribution is -2.46. The van der Waals surface area contributed by atoms with Crippen LogP contribution in [-0.2, 0) is 0 Å². The molecule has 0 spiro atoms. The second-order valence-corrected chi connectivity index (χ2v) is 4.87. The fraction of sp³-hybridized carbons (Fsp3) is 1.00. The molecule has 1 saturated heterocycles. The first-order chi connectivity index (χ1) is 4.87. The Morgan fingerprint density at radius 2 is 1.91 bits per heavy atom.